The van der Waals surface area contributed by atoms with Gasteiger partial charge in [-0.2, -0.15) is 0 Å². The van der Waals surface area contributed by atoms with Gasteiger partial charge in [0.15, 0.2) is 0 Å². The Morgan fingerprint density at radius 3 is 2.33 bits per heavy atom. The molecule has 0 bridgehead atoms. The molecular formula is C19H20FNO3. The average molecular weight is 329 g/mol. The van der Waals surface area contributed by atoms with Crippen LogP contribution >= 0.6 is 0 Å². The Labute approximate surface area is 140 Å². The third-order valence-electron chi connectivity index (χ3n) is 3.91. The van der Waals surface area contributed by atoms with E-state index >= 15 is 0 Å². The molecule has 126 valence electrons. The number of benzene rings is 2. The Hall–Kier alpha value is -2.69. The normalized spacial score (nSPS) is 11.7. The molecule has 24 heavy (non-hydrogen) atoms. The third-order valence-corrected chi connectivity index (χ3v) is 3.91. The summed E-state index contributed by atoms with van der Waals surface area (Å²) in [4.78, 5) is 24.2. The second-order valence-electron chi connectivity index (χ2n) is 5.68. The van der Waals surface area contributed by atoms with E-state index in [1.807, 2.05) is 32.0 Å². The predicted molar refractivity (Wildman–Crippen MR) is 89.3 cm³/mol. The molecule has 2 aromatic rings. The Morgan fingerprint density at radius 2 is 1.75 bits per heavy atom. The van der Waals surface area contributed by atoms with Gasteiger partial charge in [0.25, 0.3) is 5.91 Å². The van der Waals surface area contributed by atoms with Crippen LogP contribution in [0.1, 0.15) is 27.0 Å². The molecule has 2 rings (SSSR count). The van der Waals surface area contributed by atoms with Gasteiger partial charge in [-0.1, -0.05) is 18.2 Å². The Kier molecular flexibility index (Phi) is 5.68. The van der Waals surface area contributed by atoms with E-state index in [1.54, 1.807) is 0 Å². The second-order valence-corrected chi connectivity index (χ2v) is 5.68. The van der Waals surface area contributed by atoms with Gasteiger partial charge < -0.3 is 10.1 Å². The van der Waals surface area contributed by atoms with E-state index in [1.165, 1.54) is 31.4 Å². The van der Waals surface area contributed by atoms with Gasteiger partial charge in [0.05, 0.1) is 7.11 Å². The minimum Gasteiger partial charge on any atom is -0.467 e. The van der Waals surface area contributed by atoms with E-state index in [0.29, 0.717) is 6.42 Å². The highest BCUT2D eigenvalue weighted by Crippen LogP contribution is 2.13. The number of hydrogen-bond donors (Lipinski definition) is 1. The van der Waals surface area contributed by atoms with E-state index in [2.05, 4.69) is 5.32 Å². The largest absolute Gasteiger partial charge is 0.467 e. The molecule has 0 aliphatic carbocycles. The lowest BCUT2D eigenvalue weighted by Gasteiger charge is -2.17. The smallest absolute Gasteiger partial charge is 0.328 e. The van der Waals surface area contributed by atoms with Crippen molar-refractivity contribution in [2.24, 2.45) is 0 Å². The highest BCUT2D eigenvalue weighted by atomic mass is 19.1. The summed E-state index contributed by atoms with van der Waals surface area (Å²) in [6.45, 7) is 4.00. The Bertz CT molecular complexity index is 741. The Morgan fingerprint density at radius 1 is 1.08 bits per heavy atom. The van der Waals surface area contributed by atoms with Crippen LogP contribution in [0.3, 0.4) is 0 Å². The number of carbonyl (C=O) groups excluding carboxylic acids is 2. The van der Waals surface area contributed by atoms with Crippen LogP contribution in [0, 0.1) is 19.7 Å². The number of esters is 1. The number of nitrogens with one attached hydrogen (secondary N) is 1. The van der Waals surface area contributed by atoms with Crippen LogP contribution in [0.5, 0.6) is 0 Å². The van der Waals surface area contributed by atoms with Crippen molar-refractivity contribution in [3.63, 3.8) is 0 Å². The lowest BCUT2D eigenvalue weighted by atomic mass is 10.0. The SMILES string of the molecule is COC(=O)[C@H](Cc1ccc(C)c(C)c1)NC(=O)c1ccc(F)cc1. The summed E-state index contributed by atoms with van der Waals surface area (Å²) in [7, 11) is 1.28. The number of hydrogen-bond acceptors (Lipinski definition) is 3. The van der Waals surface area contributed by atoms with Crippen molar-refractivity contribution in [1.82, 2.24) is 5.32 Å². The molecule has 0 spiro atoms. The molecule has 0 radical (unpaired) electrons. The number of methoxy groups -OCH3 is 1. The summed E-state index contributed by atoms with van der Waals surface area (Å²) in [6.07, 6.45) is 0.320. The minimum absolute atomic E-state index is 0.283. The zero-order chi connectivity index (χ0) is 17.7. The van der Waals surface area contributed by atoms with Crippen molar-refractivity contribution in [3.8, 4) is 0 Å². The van der Waals surface area contributed by atoms with Gasteiger partial charge in [0.2, 0.25) is 0 Å². The van der Waals surface area contributed by atoms with Crippen molar-refractivity contribution in [2.75, 3.05) is 7.11 Å². The first-order valence-corrected chi connectivity index (χ1v) is 7.61. The van der Waals surface area contributed by atoms with Crippen LogP contribution < -0.4 is 5.32 Å². The number of amides is 1. The highest BCUT2D eigenvalue weighted by Gasteiger charge is 2.22. The summed E-state index contributed by atoms with van der Waals surface area (Å²) in [5, 5.41) is 2.65. The fraction of sp³-hybridized carbons (Fsp3) is 0.263. The van der Waals surface area contributed by atoms with E-state index in [-0.39, 0.29) is 5.56 Å². The first-order chi connectivity index (χ1) is 11.4. The van der Waals surface area contributed by atoms with Crippen molar-refractivity contribution in [1.29, 1.82) is 0 Å². The molecule has 1 amide bonds. The van der Waals surface area contributed by atoms with Gasteiger partial charge in [0, 0.05) is 12.0 Å². The van der Waals surface area contributed by atoms with E-state index in [9.17, 15) is 14.0 Å². The molecule has 2 aromatic carbocycles. The predicted octanol–water partition coefficient (Wildman–Crippen LogP) is 2.96. The summed E-state index contributed by atoms with van der Waals surface area (Å²) >= 11 is 0. The molecule has 0 saturated heterocycles. The highest BCUT2D eigenvalue weighted by molar-refractivity contribution is 5.96. The standard InChI is InChI=1S/C19H20FNO3/c1-12-4-5-14(10-13(12)2)11-17(19(23)24-3)21-18(22)15-6-8-16(20)9-7-15/h4-10,17H,11H2,1-3H3,(H,21,22)/t17-/m0/s1. The summed E-state index contributed by atoms with van der Waals surface area (Å²) in [5.74, 6) is -1.40. The summed E-state index contributed by atoms with van der Waals surface area (Å²) in [5.41, 5.74) is 3.47. The van der Waals surface area contributed by atoms with Crippen LogP contribution in [0.2, 0.25) is 0 Å². The molecule has 0 aliphatic rings. The van der Waals surface area contributed by atoms with E-state index in [0.717, 1.165) is 16.7 Å². The van der Waals surface area contributed by atoms with Crippen LogP contribution in [0.25, 0.3) is 0 Å². The molecule has 1 N–H and O–H groups in total. The van der Waals surface area contributed by atoms with Gasteiger partial charge in [0.1, 0.15) is 11.9 Å². The maximum atomic E-state index is 12.9. The lowest BCUT2D eigenvalue weighted by Crippen LogP contribution is -2.43. The molecule has 0 unspecified atom stereocenters. The number of aryl methyl sites for hydroxylation is 2. The van der Waals surface area contributed by atoms with E-state index in [4.69, 9.17) is 4.74 Å². The number of rotatable bonds is 5. The van der Waals surface area contributed by atoms with Gasteiger partial charge in [-0.05, 0) is 54.8 Å². The van der Waals surface area contributed by atoms with E-state index < -0.39 is 23.7 Å². The Balaban J connectivity index is 2.16. The number of halogens is 1. The molecule has 5 heteroatoms. The first-order valence-electron chi connectivity index (χ1n) is 7.61. The van der Waals surface area contributed by atoms with Gasteiger partial charge in [-0.15, -0.1) is 0 Å². The van der Waals surface area contributed by atoms with Gasteiger partial charge in [-0.25, -0.2) is 9.18 Å². The first kappa shape index (κ1) is 17.7. The molecular weight excluding hydrogens is 309 g/mol. The van der Waals surface area contributed by atoms with Crippen molar-refractivity contribution < 1.29 is 18.7 Å². The summed E-state index contributed by atoms with van der Waals surface area (Å²) < 4.78 is 17.7. The van der Waals surface area contributed by atoms with Crippen LogP contribution in [0.4, 0.5) is 4.39 Å². The minimum atomic E-state index is -0.811. The lowest BCUT2D eigenvalue weighted by molar-refractivity contribution is -0.142. The quantitative estimate of drug-likeness (QED) is 0.858. The van der Waals surface area contributed by atoms with Gasteiger partial charge in [-0.3, -0.25) is 4.79 Å². The summed E-state index contributed by atoms with van der Waals surface area (Å²) in [6, 6.07) is 10.2. The molecule has 0 aliphatic heterocycles. The third kappa shape index (κ3) is 4.41. The topological polar surface area (TPSA) is 55.4 Å². The second kappa shape index (κ2) is 7.73. The van der Waals surface area contributed by atoms with Crippen LogP contribution in [-0.4, -0.2) is 25.0 Å². The van der Waals surface area contributed by atoms with Crippen molar-refractivity contribution in [2.45, 2.75) is 26.3 Å². The van der Waals surface area contributed by atoms with Crippen molar-refractivity contribution in [3.05, 3.63) is 70.5 Å². The molecule has 0 aromatic heterocycles. The fourth-order valence-corrected chi connectivity index (χ4v) is 2.34. The molecule has 0 heterocycles. The number of carbonyl (C=O) groups is 2. The molecule has 1 atom stereocenters. The zero-order valence-corrected chi connectivity index (χ0v) is 13.9. The monoisotopic (exact) mass is 329 g/mol. The zero-order valence-electron chi connectivity index (χ0n) is 13.9. The van der Waals surface area contributed by atoms with Crippen LogP contribution in [-0.2, 0) is 16.0 Å². The van der Waals surface area contributed by atoms with Crippen LogP contribution in [0.15, 0.2) is 42.5 Å². The van der Waals surface area contributed by atoms with Gasteiger partial charge >= 0.3 is 5.97 Å². The maximum Gasteiger partial charge on any atom is 0.328 e. The molecule has 0 saturated carbocycles. The fourth-order valence-electron chi connectivity index (χ4n) is 2.34. The molecule has 0 fully saturated rings. The average Bonchev–Trinajstić information content (AvgIpc) is 2.57. The number of ether oxygens (including phenoxy) is 1. The molecule has 4 nitrogen and oxygen atoms in total. The maximum absolute atomic E-state index is 12.9. The van der Waals surface area contributed by atoms with Crippen molar-refractivity contribution >= 4 is 11.9 Å².